The highest BCUT2D eigenvalue weighted by Crippen LogP contribution is 2.29. The van der Waals surface area contributed by atoms with Gasteiger partial charge in [-0.3, -0.25) is 19.9 Å². The third-order valence-corrected chi connectivity index (χ3v) is 4.11. The van der Waals surface area contributed by atoms with Crippen LogP contribution in [-0.4, -0.2) is 38.9 Å². The Bertz CT molecular complexity index is 963. The van der Waals surface area contributed by atoms with Crippen molar-refractivity contribution in [3.05, 3.63) is 52.7 Å². The fourth-order valence-electron chi connectivity index (χ4n) is 2.07. The van der Waals surface area contributed by atoms with Crippen LogP contribution in [0.1, 0.15) is 0 Å². The van der Waals surface area contributed by atoms with Gasteiger partial charge in [0.25, 0.3) is 16.8 Å². The van der Waals surface area contributed by atoms with Gasteiger partial charge in [-0.2, -0.15) is 0 Å². The van der Waals surface area contributed by atoms with Crippen LogP contribution >= 0.6 is 11.8 Å². The number of pyridine rings is 1. The Kier molecular flexibility index (Phi) is 5.61. The summed E-state index contributed by atoms with van der Waals surface area (Å²) in [7, 11) is 1.36. The first-order valence-corrected chi connectivity index (χ1v) is 8.55. The van der Waals surface area contributed by atoms with Gasteiger partial charge >= 0.3 is 0 Å². The molecule has 2 heterocycles. The molecule has 1 N–H and O–H groups in total. The average Bonchev–Trinajstić information content (AvgIpc) is 3.16. The zero-order valence-corrected chi connectivity index (χ0v) is 14.8. The second kappa shape index (κ2) is 8.27. The van der Waals surface area contributed by atoms with Crippen molar-refractivity contribution in [2.75, 3.05) is 18.2 Å². The van der Waals surface area contributed by atoms with Crippen molar-refractivity contribution in [2.45, 2.75) is 5.22 Å². The topological polar surface area (TPSA) is 133 Å². The fourth-order valence-corrected chi connectivity index (χ4v) is 2.63. The first kappa shape index (κ1) is 18.3. The third-order valence-electron chi connectivity index (χ3n) is 3.29. The summed E-state index contributed by atoms with van der Waals surface area (Å²) in [6.07, 6.45) is 1.61. The Morgan fingerprint density at radius 2 is 2.19 bits per heavy atom. The van der Waals surface area contributed by atoms with Gasteiger partial charge in [-0.15, -0.1) is 10.2 Å². The van der Waals surface area contributed by atoms with Gasteiger partial charge in [0.1, 0.15) is 11.4 Å². The van der Waals surface area contributed by atoms with Crippen LogP contribution in [0.5, 0.6) is 5.75 Å². The highest BCUT2D eigenvalue weighted by atomic mass is 32.2. The zero-order valence-electron chi connectivity index (χ0n) is 14.0. The molecule has 1 amide bonds. The molecule has 0 aliphatic rings. The molecule has 0 saturated heterocycles. The van der Waals surface area contributed by atoms with E-state index >= 15 is 0 Å². The summed E-state index contributed by atoms with van der Waals surface area (Å²) in [4.78, 5) is 26.5. The lowest BCUT2D eigenvalue weighted by molar-refractivity contribution is -0.384. The van der Waals surface area contributed by atoms with Crippen molar-refractivity contribution < 1.29 is 18.9 Å². The van der Waals surface area contributed by atoms with Gasteiger partial charge in [-0.05, 0) is 18.2 Å². The molecule has 3 rings (SSSR count). The van der Waals surface area contributed by atoms with E-state index in [1.54, 1.807) is 24.4 Å². The number of hydrogen-bond acceptors (Lipinski definition) is 9. The van der Waals surface area contributed by atoms with Crippen LogP contribution < -0.4 is 10.1 Å². The monoisotopic (exact) mass is 387 g/mol. The van der Waals surface area contributed by atoms with Crippen molar-refractivity contribution in [1.29, 1.82) is 0 Å². The summed E-state index contributed by atoms with van der Waals surface area (Å²) < 4.78 is 10.5. The van der Waals surface area contributed by atoms with E-state index in [1.807, 2.05) is 0 Å². The molecule has 0 aliphatic carbocycles. The van der Waals surface area contributed by atoms with Crippen LogP contribution in [0.25, 0.3) is 11.6 Å². The number of rotatable bonds is 7. The van der Waals surface area contributed by atoms with Crippen molar-refractivity contribution in [2.24, 2.45) is 0 Å². The summed E-state index contributed by atoms with van der Waals surface area (Å²) in [6, 6.07) is 9.22. The van der Waals surface area contributed by atoms with Crippen LogP contribution in [0, 0.1) is 10.1 Å². The minimum Gasteiger partial charge on any atom is -0.494 e. The molecule has 10 nitrogen and oxygen atoms in total. The number of carbonyl (C=O) groups excluding carboxylic acids is 1. The van der Waals surface area contributed by atoms with Crippen LogP contribution in [0.3, 0.4) is 0 Å². The molecule has 0 atom stereocenters. The summed E-state index contributed by atoms with van der Waals surface area (Å²) >= 11 is 1.06. The minimum absolute atomic E-state index is 0.00396. The van der Waals surface area contributed by atoms with Gasteiger partial charge in [0.15, 0.2) is 0 Å². The number of thioether (sulfide) groups is 1. The molecule has 11 heteroatoms. The number of anilines is 1. The largest absolute Gasteiger partial charge is 0.494 e. The number of non-ortho nitro benzene ring substituents is 1. The smallest absolute Gasteiger partial charge is 0.277 e. The van der Waals surface area contributed by atoms with E-state index in [1.165, 1.54) is 25.3 Å². The Labute approximate surface area is 157 Å². The van der Waals surface area contributed by atoms with E-state index in [0.29, 0.717) is 11.4 Å². The molecular formula is C16H13N5O5S. The molecule has 1 aromatic carbocycles. The number of nitro benzene ring substituents is 1. The number of nitrogens with zero attached hydrogens (tertiary/aromatic N) is 4. The lowest BCUT2D eigenvalue weighted by Crippen LogP contribution is -2.14. The number of aromatic nitrogens is 3. The molecule has 3 aromatic rings. The Hall–Kier alpha value is -3.47. The lowest BCUT2D eigenvalue weighted by Gasteiger charge is -2.09. The Morgan fingerprint density at radius 1 is 1.33 bits per heavy atom. The number of carbonyl (C=O) groups is 1. The summed E-state index contributed by atoms with van der Waals surface area (Å²) in [5, 5.41) is 21.4. The molecule has 2 aromatic heterocycles. The molecule has 0 spiro atoms. The molecule has 0 fully saturated rings. The van der Waals surface area contributed by atoms with Gasteiger partial charge in [0.05, 0.1) is 29.5 Å². The molecule has 27 heavy (non-hydrogen) atoms. The SMILES string of the molecule is COc1cc([N+](=O)[O-])ccc1NC(=O)CSc1nnc(-c2ccccn2)o1. The van der Waals surface area contributed by atoms with Crippen molar-refractivity contribution >= 4 is 29.0 Å². The van der Waals surface area contributed by atoms with E-state index in [0.717, 1.165) is 11.8 Å². The number of nitrogens with one attached hydrogen (secondary N) is 1. The van der Waals surface area contributed by atoms with Crippen LogP contribution in [0.15, 0.2) is 52.2 Å². The summed E-state index contributed by atoms with van der Waals surface area (Å²) in [6.45, 7) is 0. The number of methoxy groups -OCH3 is 1. The zero-order chi connectivity index (χ0) is 19.2. The Balaban J connectivity index is 1.60. The van der Waals surface area contributed by atoms with Gasteiger partial charge in [-0.1, -0.05) is 17.8 Å². The second-order valence-corrected chi connectivity index (χ2v) is 5.99. The van der Waals surface area contributed by atoms with E-state index in [9.17, 15) is 14.9 Å². The van der Waals surface area contributed by atoms with Gasteiger partial charge in [0.2, 0.25) is 5.91 Å². The molecule has 0 aliphatic heterocycles. The fraction of sp³-hybridized carbons (Fsp3) is 0.125. The van der Waals surface area contributed by atoms with Gasteiger partial charge in [0, 0.05) is 12.3 Å². The quantitative estimate of drug-likeness (QED) is 0.369. The second-order valence-electron chi connectivity index (χ2n) is 5.07. The molecule has 138 valence electrons. The predicted octanol–water partition coefficient (Wildman–Crippen LogP) is 2.78. The molecule has 0 unspecified atom stereocenters. The number of benzene rings is 1. The normalized spacial score (nSPS) is 10.4. The van der Waals surface area contributed by atoms with Crippen molar-refractivity contribution in [3.63, 3.8) is 0 Å². The number of amides is 1. The maximum Gasteiger partial charge on any atom is 0.277 e. The average molecular weight is 387 g/mol. The van der Waals surface area contributed by atoms with E-state index < -0.39 is 4.92 Å². The maximum absolute atomic E-state index is 12.1. The molecular weight excluding hydrogens is 374 g/mol. The standard InChI is InChI=1S/C16H13N5O5S/c1-25-13-8-10(21(23)24)5-6-11(13)18-14(22)9-27-16-20-19-15(26-16)12-4-2-3-7-17-12/h2-8H,9H2,1H3,(H,18,22). The molecule has 0 radical (unpaired) electrons. The highest BCUT2D eigenvalue weighted by Gasteiger charge is 2.15. The van der Waals surface area contributed by atoms with E-state index in [4.69, 9.17) is 9.15 Å². The van der Waals surface area contributed by atoms with Gasteiger partial charge < -0.3 is 14.5 Å². The van der Waals surface area contributed by atoms with Crippen molar-refractivity contribution in [1.82, 2.24) is 15.2 Å². The van der Waals surface area contributed by atoms with Gasteiger partial charge in [-0.25, -0.2) is 0 Å². The number of hydrogen-bond donors (Lipinski definition) is 1. The summed E-state index contributed by atoms with van der Waals surface area (Å²) in [5.41, 5.74) is 0.734. The predicted molar refractivity (Wildman–Crippen MR) is 96.5 cm³/mol. The molecule has 0 bridgehead atoms. The van der Waals surface area contributed by atoms with Crippen LogP contribution in [0.4, 0.5) is 11.4 Å². The van der Waals surface area contributed by atoms with Crippen molar-refractivity contribution in [3.8, 4) is 17.3 Å². The van der Waals surface area contributed by atoms with Crippen LogP contribution in [-0.2, 0) is 4.79 Å². The molecule has 0 saturated carbocycles. The van der Waals surface area contributed by atoms with Crippen LogP contribution in [0.2, 0.25) is 0 Å². The summed E-state index contributed by atoms with van der Waals surface area (Å²) in [5.74, 6) is 0.0994. The lowest BCUT2D eigenvalue weighted by atomic mass is 10.2. The third kappa shape index (κ3) is 4.58. The first-order chi connectivity index (χ1) is 13.1. The minimum atomic E-state index is -0.543. The highest BCUT2D eigenvalue weighted by molar-refractivity contribution is 7.99. The van der Waals surface area contributed by atoms with E-state index in [-0.39, 0.29) is 34.2 Å². The maximum atomic E-state index is 12.1. The first-order valence-electron chi connectivity index (χ1n) is 7.57. The number of ether oxygens (including phenoxy) is 1. The van der Waals surface area contributed by atoms with E-state index in [2.05, 4.69) is 20.5 Å². The Morgan fingerprint density at radius 3 is 2.89 bits per heavy atom. The number of nitro groups is 1.